The van der Waals surface area contributed by atoms with Gasteiger partial charge < -0.3 is 10.2 Å². The van der Waals surface area contributed by atoms with Gasteiger partial charge in [0.2, 0.25) is 11.7 Å². The maximum atomic E-state index is 12.6. The topological polar surface area (TPSA) is 75.9 Å². The van der Waals surface area contributed by atoms with Crippen molar-refractivity contribution in [1.82, 2.24) is 20.2 Å². The minimum atomic E-state index is -0.225. The molecule has 1 aliphatic rings. The van der Waals surface area contributed by atoms with Crippen molar-refractivity contribution < 1.29 is 4.79 Å². The van der Waals surface area contributed by atoms with Gasteiger partial charge in [-0.05, 0) is 42.7 Å². The van der Waals surface area contributed by atoms with Crippen molar-refractivity contribution in [3.63, 3.8) is 0 Å². The lowest BCUT2D eigenvalue weighted by molar-refractivity contribution is -0.117. The molecule has 1 fully saturated rings. The van der Waals surface area contributed by atoms with Crippen molar-refractivity contribution >= 4 is 28.9 Å². The van der Waals surface area contributed by atoms with E-state index in [-0.39, 0.29) is 12.5 Å². The molecule has 1 amide bonds. The largest absolute Gasteiger partial charge is 0.370 e. The number of halogens is 1. The second-order valence-corrected chi connectivity index (χ2v) is 7.20. The molecule has 28 heavy (non-hydrogen) atoms. The Bertz CT molecular complexity index is 952. The lowest BCUT2D eigenvalue weighted by atomic mass is 10.1. The number of nitrogens with one attached hydrogen (secondary N) is 1. The smallest absolute Gasteiger partial charge is 0.248 e. The van der Waals surface area contributed by atoms with Gasteiger partial charge in [-0.15, -0.1) is 10.2 Å². The third-order valence-electron chi connectivity index (χ3n) is 4.70. The van der Waals surface area contributed by atoms with Crippen molar-refractivity contribution in [1.29, 1.82) is 0 Å². The van der Waals surface area contributed by atoms with Crippen LogP contribution in [0.2, 0.25) is 5.02 Å². The van der Waals surface area contributed by atoms with Crippen molar-refractivity contribution in [3.05, 3.63) is 53.6 Å². The zero-order chi connectivity index (χ0) is 19.3. The number of amides is 1. The van der Waals surface area contributed by atoms with Crippen LogP contribution in [0.25, 0.3) is 11.4 Å². The zero-order valence-electron chi connectivity index (χ0n) is 15.4. The molecule has 0 atom stereocenters. The highest BCUT2D eigenvalue weighted by atomic mass is 35.5. The molecule has 8 heteroatoms. The van der Waals surface area contributed by atoms with Crippen molar-refractivity contribution in [2.75, 3.05) is 23.3 Å². The molecular formula is C20H21ClN6O. The van der Waals surface area contributed by atoms with Crippen LogP contribution in [0.4, 0.5) is 11.4 Å². The molecule has 0 spiro atoms. The summed E-state index contributed by atoms with van der Waals surface area (Å²) in [7, 11) is 0. The Labute approximate surface area is 168 Å². The number of anilines is 2. The van der Waals surface area contributed by atoms with Gasteiger partial charge in [0.25, 0.3) is 0 Å². The van der Waals surface area contributed by atoms with E-state index in [9.17, 15) is 4.79 Å². The normalized spacial score (nSPS) is 14.1. The van der Waals surface area contributed by atoms with Gasteiger partial charge in [0.05, 0.1) is 11.4 Å². The maximum absolute atomic E-state index is 12.6. The van der Waals surface area contributed by atoms with Crippen LogP contribution in [0.1, 0.15) is 19.3 Å². The number of rotatable bonds is 5. The van der Waals surface area contributed by atoms with E-state index in [1.807, 2.05) is 42.5 Å². The lowest BCUT2D eigenvalue weighted by Gasteiger charge is -2.30. The molecule has 2 heterocycles. The first kappa shape index (κ1) is 18.4. The highest BCUT2D eigenvalue weighted by Crippen LogP contribution is 2.31. The van der Waals surface area contributed by atoms with Gasteiger partial charge in [-0.3, -0.25) is 4.79 Å². The summed E-state index contributed by atoms with van der Waals surface area (Å²) in [5.41, 5.74) is 2.56. The highest BCUT2D eigenvalue weighted by molar-refractivity contribution is 6.31. The Balaban J connectivity index is 1.47. The number of piperidine rings is 1. The fourth-order valence-corrected chi connectivity index (χ4v) is 3.52. The van der Waals surface area contributed by atoms with Crippen LogP contribution >= 0.6 is 11.6 Å². The summed E-state index contributed by atoms with van der Waals surface area (Å²) in [6.45, 7) is 1.94. The molecule has 3 aromatic rings. The molecule has 0 aliphatic carbocycles. The second-order valence-electron chi connectivity index (χ2n) is 6.77. The number of nitrogens with zero attached hydrogens (tertiary/aromatic N) is 5. The number of hydrogen-bond donors (Lipinski definition) is 1. The first-order chi connectivity index (χ1) is 13.7. The minimum absolute atomic E-state index is 0.0220. The zero-order valence-corrected chi connectivity index (χ0v) is 16.1. The SMILES string of the molecule is O=C(Cn1nnc(-c2ccccc2)n1)Nc1cc(Cl)ccc1N1CCCCC1. The Hall–Kier alpha value is -2.93. The molecule has 0 bridgehead atoms. The van der Waals surface area contributed by atoms with E-state index >= 15 is 0 Å². The molecular weight excluding hydrogens is 376 g/mol. The summed E-state index contributed by atoms with van der Waals surface area (Å²) in [4.78, 5) is 16.2. The van der Waals surface area contributed by atoms with Crippen LogP contribution in [0.5, 0.6) is 0 Å². The quantitative estimate of drug-likeness (QED) is 0.712. The third kappa shape index (κ3) is 4.31. The first-order valence-electron chi connectivity index (χ1n) is 9.36. The van der Waals surface area contributed by atoms with Gasteiger partial charge in [0, 0.05) is 23.7 Å². The van der Waals surface area contributed by atoms with Gasteiger partial charge in [0.1, 0.15) is 6.54 Å². The maximum Gasteiger partial charge on any atom is 0.248 e. The molecule has 0 saturated carbocycles. The highest BCUT2D eigenvalue weighted by Gasteiger charge is 2.17. The van der Waals surface area contributed by atoms with E-state index < -0.39 is 0 Å². The van der Waals surface area contributed by atoms with Crippen LogP contribution < -0.4 is 10.2 Å². The van der Waals surface area contributed by atoms with Gasteiger partial charge in [-0.1, -0.05) is 41.9 Å². The number of hydrogen-bond acceptors (Lipinski definition) is 5. The first-order valence-corrected chi connectivity index (χ1v) is 9.74. The molecule has 1 aliphatic heterocycles. The minimum Gasteiger partial charge on any atom is -0.370 e. The predicted octanol–water partition coefficient (Wildman–Crippen LogP) is 3.62. The Kier molecular flexibility index (Phi) is 5.53. The van der Waals surface area contributed by atoms with Crippen LogP contribution in [-0.4, -0.2) is 39.2 Å². The number of aromatic nitrogens is 4. The number of carbonyl (C=O) groups excluding carboxylic acids is 1. The van der Waals surface area contributed by atoms with Gasteiger partial charge >= 0.3 is 0 Å². The molecule has 2 aromatic carbocycles. The Morgan fingerprint density at radius 2 is 1.86 bits per heavy atom. The Morgan fingerprint density at radius 1 is 1.07 bits per heavy atom. The summed E-state index contributed by atoms with van der Waals surface area (Å²) < 4.78 is 0. The van der Waals surface area contributed by atoms with Crippen LogP contribution in [0.3, 0.4) is 0 Å². The molecule has 0 unspecified atom stereocenters. The van der Waals surface area contributed by atoms with E-state index in [4.69, 9.17) is 11.6 Å². The summed E-state index contributed by atoms with van der Waals surface area (Å²) in [5.74, 6) is 0.266. The monoisotopic (exact) mass is 396 g/mol. The third-order valence-corrected chi connectivity index (χ3v) is 4.93. The number of benzene rings is 2. The average Bonchev–Trinajstić information content (AvgIpc) is 3.18. The average molecular weight is 397 g/mol. The summed E-state index contributed by atoms with van der Waals surface area (Å²) in [6, 6.07) is 15.1. The van der Waals surface area contributed by atoms with Gasteiger partial charge in [0.15, 0.2) is 0 Å². The lowest BCUT2D eigenvalue weighted by Crippen LogP contribution is -2.30. The summed E-state index contributed by atoms with van der Waals surface area (Å²) >= 11 is 6.16. The molecule has 144 valence electrons. The predicted molar refractivity (Wildman–Crippen MR) is 109 cm³/mol. The fraction of sp³-hybridized carbons (Fsp3) is 0.300. The van der Waals surface area contributed by atoms with Crippen LogP contribution in [-0.2, 0) is 11.3 Å². The van der Waals surface area contributed by atoms with E-state index in [1.165, 1.54) is 11.2 Å². The van der Waals surface area contributed by atoms with E-state index in [0.717, 1.165) is 37.2 Å². The molecule has 1 saturated heterocycles. The second kappa shape index (κ2) is 8.39. The molecule has 0 radical (unpaired) electrons. The number of carbonyl (C=O) groups is 1. The van der Waals surface area contributed by atoms with Crippen LogP contribution in [0, 0.1) is 0 Å². The van der Waals surface area contributed by atoms with Gasteiger partial charge in [-0.2, -0.15) is 4.80 Å². The fourth-order valence-electron chi connectivity index (χ4n) is 3.35. The van der Waals surface area contributed by atoms with E-state index in [0.29, 0.717) is 16.5 Å². The van der Waals surface area contributed by atoms with Crippen molar-refractivity contribution in [2.24, 2.45) is 0 Å². The standard InChI is InChI=1S/C20H21ClN6O/c21-16-9-10-18(26-11-5-2-6-12-26)17(13-16)22-19(28)14-27-24-20(23-25-27)15-7-3-1-4-8-15/h1,3-4,7-10,13H,2,5-6,11-12,14H2,(H,22,28). The van der Waals surface area contributed by atoms with E-state index in [1.54, 1.807) is 6.07 Å². The summed E-state index contributed by atoms with van der Waals surface area (Å²) in [5, 5.41) is 15.8. The molecule has 1 aromatic heterocycles. The molecule has 4 rings (SSSR count). The Morgan fingerprint density at radius 3 is 2.64 bits per heavy atom. The van der Waals surface area contributed by atoms with Crippen molar-refractivity contribution in [2.45, 2.75) is 25.8 Å². The van der Waals surface area contributed by atoms with Gasteiger partial charge in [-0.25, -0.2) is 0 Å². The molecule has 1 N–H and O–H groups in total. The summed E-state index contributed by atoms with van der Waals surface area (Å²) in [6.07, 6.45) is 3.55. The van der Waals surface area contributed by atoms with Crippen molar-refractivity contribution in [3.8, 4) is 11.4 Å². The number of tetrazole rings is 1. The molecule has 7 nitrogen and oxygen atoms in total. The van der Waals surface area contributed by atoms with Crippen LogP contribution in [0.15, 0.2) is 48.5 Å². The van der Waals surface area contributed by atoms with E-state index in [2.05, 4.69) is 25.6 Å².